The van der Waals surface area contributed by atoms with Gasteiger partial charge in [0.05, 0.1) is 11.3 Å². The van der Waals surface area contributed by atoms with Gasteiger partial charge in [0, 0.05) is 49.2 Å². The first-order valence-corrected chi connectivity index (χ1v) is 9.77. The maximum absolute atomic E-state index is 12.6. The molecular formula is C19H23N5OS. The maximum Gasteiger partial charge on any atom is 0.252 e. The van der Waals surface area contributed by atoms with Gasteiger partial charge in [0.25, 0.3) is 5.91 Å². The maximum atomic E-state index is 12.6. The Bertz CT molecular complexity index is 960. The summed E-state index contributed by atoms with van der Waals surface area (Å²) in [6, 6.07) is 4.39. The first-order chi connectivity index (χ1) is 12.5. The van der Waals surface area contributed by atoms with E-state index < -0.39 is 0 Å². The average Bonchev–Trinajstić information content (AvgIpc) is 3.23. The molecule has 0 fully saturated rings. The number of carbonyl (C=O) groups excluding carboxylic acids is 1. The minimum Gasteiger partial charge on any atom is -0.350 e. The lowest BCUT2D eigenvalue weighted by molar-refractivity contribution is 0.0932. The highest BCUT2D eigenvalue weighted by Gasteiger charge is 2.22. The molecular weight excluding hydrogens is 346 g/mol. The van der Waals surface area contributed by atoms with Crippen LogP contribution in [0.1, 0.15) is 33.4 Å². The lowest BCUT2D eigenvalue weighted by Crippen LogP contribution is -2.44. The first kappa shape index (κ1) is 17.2. The average molecular weight is 369 g/mol. The molecule has 4 rings (SSSR count). The molecule has 136 valence electrons. The largest absolute Gasteiger partial charge is 0.350 e. The van der Waals surface area contributed by atoms with Gasteiger partial charge in [-0.1, -0.05) is 0 Å². The summed E-state index contributed by atoms with van der Waals surface area (Å²) in [7, 11) is 1.86. The minimum absolute atomic E-state index is 0.0808. The summed E-state index contributed by atoms with van der Waals surface area (Å²) in [6.45, 7) is 6.75. The van der Waals surface area contributed by atoms with E-state index in [9.17, 15) is 4.79 Å². The van der Waals surface area contributed by atoms with Gasteiger partial charge in [-0.25, -0.2) is 4.98 Å². The number of rotatable bonds is 4. The van der Waals surface area contributed by atoms with Crippen LogP contribution in [0, 0.1) is 6.92 Å². The Hall–Kier alpha value is -2.25. The SMILES string of the molecule is Cc1nn(C)c2ncc(C(=O)NCC(C)N3CCc4sccc4C3)cc12. The van der Waals surface area contributed by atoms with Crippen LogP contribution in [0.2, 0.25) is 0 Å². The number of nitrogens with zero attached hydrogens (tertiary/aromatic N) is 4. The van der Waals surface area contributed by atoms with E-state index >= 15 is 0 Å². The fourth-order valence-electron chi connectivity index (χ4n) is 3.55. The second-order valence-electron chi connectivity index (χ2n) is 6.95. The normalized spacial score (nSPS) is 15.8. The third kappa shape index (κ3) is 3.12. The summed E-state index contributed by atoms with van der Waals surface area (Å²) in [6.07, 6.45) is 2.73. The number of aromatic nitrogens is 3. The minimum atomic E-state index is -0.0808. The predicted molar refractivity (Wildman–Crippen MR) is 103 cm³/mol. The number of amides is 1. The number of hydrogen-bond acceptors (Lipinski definition) is 5. The molecule has 1 amide bonds. The van der Waals surface area contributed by atoms with E-state index in [1.807, 2.05) is 31.4 Å². The molecule has 0 saturated heterocycles. The third-order valence-electron chi connectivity index (χ3n) is 5.14. The summed E-state index contributed by atoms with van der Waals surface area (Å²) in [5.41, 5.74) is 3.70. The molecule has 26 heavy (non-hydrogen) atoms. The van der Waals surface area contributed by atoms with Crippen LogP contribution in [-0.4, -0.2) is 44.7 Å². The highest BCUT2D eigenvalue weighted by molar-refractivity contribution is 7.10. The van der Waals surface area contributed by atoms with Crippen molar-refractivity contribution in [2.45, 2.75) is 32.9 Å². The molecule has 1 aliphatic rings. The van der Waals surface area contributed by atoms with Crippen molar-refractivity contribution < 1.29 is 4.79 Å². The quantitative estimate of drug-likeness (QED) is 0.768. The zero-order valence-corrected chi connectivity index (χ0v) is 16.1. The Morgan fingerprint density at radius 1 is 1.46 bits per heavy atom. The molecule has 0 saturated carbocycles. The molecule has 1 aliphatic heterocycles. The molecule has 0 aliphatic carbocycles. The molecule has 0 spiro atoms. The number of nitrogens with one attached hydrogen (secondary N) is 1. The van der Waals surface area contributed by atoms with E-state index in [1.165, 1.54) is 10.4 Å². The second kappa shape index (κ2) is 6.81. The van der Waals surface area contributed by atoms with Crippen LogP contribution in [0.25, 0.3) is 11.0 Å². The molecule has 4 heterocycles. The Balaban J connectivity index is 1.40. The molecule has 0 radical (unpaired) electrons. The van der Waals surface area contributed by atoms with Crippen molar-refractivity contribution in [3.63, 3.8) is 0 Å². The van der Waals surface area contributed by atoms with E-state index in [0.717, 1.165) is 36.2 Å². The Labute approximate surface area is 156 Å². The highest BCUT2D eigenvalue weighted by Crippen LogP contribution is 2.25. The standard InChI is InChI=1S/C19H23N5OS/c1-12(24-6-4-17-14(11-24)5-7-26-17)9-21-19(25)15-8-16-13(2)22-23(3)18(16)20-10-15/h5,7-8,10,12H,4,6,9,11H2,1-3H3,(H,21,25). The van der Waals surface area contributed by atoms with Crippen molar-refractivity contribution >= 4 is 28.3 Å². The van der Waals surface area contributed by atoms with Gasteiger partial charge < -0.3 is 5.32 Å². The molecule has 1 atom stereocenters. The van der Waals surface area contributed by atoms with E-state index in [4.69, 9.17) is 0 Å². The number of aryl methyl sites for hydroxylation is 2. The van der Waals surface area contributed by atoms with Gasteiger partial charge in [0.2, 0.25) is 0 Å². The molecule has 0 bridgehead atoms. The predicted octanol–water partition coefficient (Wildman–Crippen LogP) is 2.51. The fourth-order valence-corrected chi connectivity index (χ4v) is 4.44. The molecule has 1 N–H and O–H groups in total. The van der Waals surface area contributed by atoms with Crippen molar-refractivity contribution in [1.82, 2.24) is 25.0 Å². The summed E-state index contributed by atoms with van der Waals surface area (Å²) < 4.78 is 1.74. The molecule has 6 nitrogen and oxygen atoms in total. The molecule has 7 heteroatoms. The summed E-state index contributed by atoms with van der Waals surface area (Å²) in [5, 5.41) is 10.5. The van der Waals surface area contributed by atoms with E-state index in [1.54, 1.807) is 10.9 Å². The van der Waals surface area contributed by atoms with E-state index in [0.29, 0.717) is 18.2 Å². The molecule has 3 aromatic rings. The van der Waals surface area contributed by atoms with E-state index in [-0.39, 0.29) is 5.91 Å². The van der Waals surface area contributed by atoms with Crippen LogP contribution in [0.4, 0.5) is 0 Å². The number of carbonyl (C=O) groups is 1. The van der Waals surface area contributed by atoms with Gasteiger partial charge in [0.15, 0.2) is 5.65 Å². The summed E-state index contributed by atoms with van der Waals surface area (Å²) >= 11 is 1.85. The van der Waals surface area contributed by atoms with Crippen molar-refractivity contribution in [2.24, 2.45) is 7.05 Å². The topological polar surface area (TPSA) is 63.1 Å². The molecule has 0 aromatic carbocycles. The monoisotopic (exact) mass is 369 g/mol. The van der Waals surface area contributed by atoms with Crippen molar-refractivity contribution in [3.8, 4) is 0 Å². The van der Waals surface area contributed by atoms with Crippen LogP contribution in [0.3, 0.4) is 0 Å². The molecule has 3 aromatic heterocycles. The Morgan fingerprint density at radius 3 is 3.15 bits per heavy atom. The van der Waals surface area contributed by atoms with Crippen LogP contribution >= 0.6 is 11.3 Å². The van der Waals surface area contributed by atoms with Gasteiger partial charge in [0.1, 0.15) is 0 Å². The number of hydrogen-bond donors (Lipinski definition) is 1. The van der Waals surface area contributed by atoms with Crippen LogP contribution in [0.15, 0.2) is 23.7 Å². The van der Waals surface area contributed by atoms with E-state index in [2.05, 4.69) is 38.7 Å². The van der Waals surface area contributed by atoms with Crippen molar-refractivity contribution in [3.05, 3.63) is 45.4 Å². The fraction of sp³-hybridized carbons (Fsp3) is 0.421. The van der Waals surface area contributed by atoms with Crippen LogP contribution in [0.5, 0.6) is 0 Å². The van der Waals surface area contributed by atoms with Gasteiger partial charge in [-0.3, -0.25) is 14.4 Å². The van der Waals surface area contributed by atoms with Gasteiger partial charge in [-0.15, -0.1) is 11.3 Å². The number of pyridine rings is 1. The lowest BCUT2D eigenvalue weighted by Gasteiger charge is -2.32. The number of fused-ring (bicyclic) bond motifs is 2. The van der Waals surface area contributed by atoms with Gasteiger partial charge in [-0.05, 0) is 43.3 Å². The smallest absolute Gasteiger partial charge is 0.252 e. The van der Waals surface area contributed by atoms with Crippen molar-refractivity contribution in [1.29, 1.82) is 0 Å². The second-order valence-corrected chi connectivity index (χ2v) is 7.95. The lowest BCUT2D eigenvalue weighted by atomic mass is 10.1. The summed E-state index contributed by atoms with van der Waals surface area (Å²) in [5.74, 6) is -0.0808. The first-order valence-electron chi connectivity index (χ1n) is 8.90. The van der Waals surface area contributed by atoms with Gasteiger partial charge in [-0.2, -0.15) is 5.10 Å². The Morgan fingerprint density at radius 2 is 2.31 bits per heavy atom. The van der Waals surface area contributed by atoms with Crippen LogP contribution in [-0.2, 0) is 20.0 Å². The third-order valence-corrected chi connectivity index (χ3v) is 6.17. The summed E-state index contributed by atoms with van der Waals surface area (Å²) in [4.78, 5) is 20.9. The zero-order chi connectivity index (χ0) is 18.3. The van der Waals surface area contributed by atoms with Crippen molar-refractivity contribution in [2.75, 3.05) is 13.1 Å². The highest BCUT2D eigenvalue weighted by atomic mass is 32.1. The zero-order valence-electron chi connectivity index (χ0n) is 15.3. The molecule has 1 unspecified atom stereocenters. The van der Waals surface area contributed by atoms with Gasteiger partial charge >= 0.3 is 0 Å². The van der Waals surface area contributed by atoms with Crippen LogP contribution < -0.4 is 5.32 Å². The Kier molecular flexibility index (Phi) is 4.50. The number of thiophene rings is 1.